The summed E-state index contributed by atoms with van der Waals surface area (Å²) in [6.07, 6.45) is 0. The van der Waals surface area contributed by atoms with Crippen molar-refractivity contribution in [3.63, 3.8) is 0 Å². The lowest BCUT2D eigenvalue weighted by molar-refractivity contribution is 0.0633. The van der Waals surface area contributed by atoms with E-state index in [2.05, 4.69) is 15.5 Å². The molecule has 1 aliphatic rings. The van der Waals surface area contributed by atoms with Crippen molar-refractivity contribution in [3.8, 4) is 5.75 Å². The molecule has 1 unspecified atom stereocenters. The third-order valence-electron chi connectivity index (χ3n) is 5.46. The fourth-order valence-corrected chi connectivity index (χ4v) is 3.90. The molecule has 3 heterocycles. The first-order valence-electron chi connectivity index (χ1n) is 9.92. The number of nitrogens with zero attached hydrogens (tertiary/aromatic N) is 3. The number of aromatic nitrogens is 2. The molecule has 4 rings (SSSR count). The zero-order valence-corrected chi connectivity index (χ0v) is 18.5. The van der Waals surface area contributed by atoms with Crippen LogP contribution in [0.5, 0.6) is 5.75 Å². The van der Waals surface area contributed by atoms with E-state index in [0.29, 0.717) is 35.4 Å². The first kappa shape index (κ1) is 22.1. The molecule has 1 aliphatic heterocycles. The van der Waals surface area contributed by atoms with Crippen molar-refractivity contribution in [2.45, 2.75) is 32.7 Å². The lowest BCUT2D eigenvalue weighted by Gasteiger charge is -2.37. The van der Waals surface area contributed by atoms with Crippen molar-refractivity contribution in [2.24, 2.45) is 0 Å². The molecular weight excluding hydrogens is 404 g/mol. The predicted octanol–water partition coefficient (Wildman–Crippen LogP) is 3.87. The van der Waals surface area contributed by atoms with Gasteiger partial charge in [0.25, 0.3) is 11.6 Å². The van der Waals surface area contributed by atoms with Gasteiger partial charge in [0.2, 0.25) is 0 Å². The number of methoxy groups -OCH3 is 1. The van der Waals surface area contributed by atoms with Crippen LogP contribution in [0.2, 0.25) is 0 Å². The highest BCUT2D eigenvalue weighted by atomic mass is 35.5. The quantitative estimate of drug-likeness (QED) is 0.676. The highest BCUT2D eigenvalue weighted by Crippen LogP contribution is 2.33. The standard InChI is InChI=1S/C22H26N4O3.ClH/c1-13(2)17-11-16(20-14(3)25-29-21(20)24-17)22(27)26-10-9-23-12-18(26)15-7-5-6-8-19(15)28-4;/h5-8,11,13,18,23H,9-10,12H2,1-4H3;1H. The van der Waals surface area contributed by atoms with Crippen LogP contribution in [0, 0.1) is 6.92 Å². The van der Waals surface area contributed by atoms with Crippen LogP contribution in [-0.4, -0.2) is 47.7 Å². The molecule has 1 saturated heterocycles. The number of benzene rings is 1. The number of aryl methyl sites for hydroxylation is 1. The van der Waals surface area contributed by atoms with Crippen molar-refractivity contribution >= 4 is 29.4 Å². The van der Waals surface area contributed by atoms with Gasteiger partial charge in [0.1, 0.15) is 5.75 Å². The molecule has 0 bridgehead atoms. The number of amides is 1. The van der Waals surface area contributed by atoms with Gasteiger partial charge in [0.15, 0.2) is 0 Å². The Kier molecular flexibility index (Phi) is 6.63. The number of carbonyl (C=O) groups is 1. The van der Waals surface area contributed by atoms with Crippen molar-refractivity contribution in [3.05, 3.63) is 52.8 Å². The van der Waals surface area contributed by atoms with Crippen molar-refractivity contribution in [1.82, 2.24) is 20.4 Å². The second kappa shape index (κ2) is 9.02. The number of fused-ring (bicyclic) bond motifs is 1. The smallest absolute Gasteiger partial charge is 0.259 e. The molecule has 0 radical (unpaired) electrons. The number of rotatable bonds is 4. The van der Waals surface area contributed by atoms with E-state index in [0.717, 1.165) is 23.6 Å². The monoisotopic (exact) mass is 430 g/mol. The number of para-hydroxylation sites is 1. The summed E-state index contributed by atoms with van der Waals surface area (Å²) < 4.78 is 11.0. The minimum absolute atomic E-state index is 0. The molecule has 8 heteroatoms. The van der Waals surface area contributed by atoms with Gasteiger partial charge >= 0.3 is 0 Å². The molecule has 1 N–H and O–H groups in total. The van der Waals surface area contributed by atoms with Crippen LogP contribution in [0.25, 0.3) is 11.1 Å². The molecule has 1 amide bonds. The van der Waals surface area contributed by atoms with E-state index in [4.69, 9.17) is 9.26 Å². The van der Waals surface area contributed by atoms with Crippen LogP contribution >= 0.6 is 12.4 Å². The normalized spacial score (nSPS) is 16.6. The van der Waals surface area contributed by atoms with Crippen molar-refractivity contribution < 1.29 is 14.1 Å². The van der Waals surface area contributed by atoms with Gasteiger partial charge < -0.3 is 19.5 Å². The maximum Gasteiger partial charge on any atom is 0.259 e. The second-order valence-corrected chi connectivity index (χ2v) is 7.66. The van der Waals surface area contributed by atoms with Gasteiger partial charge in [-0.05, 0) is 25.0 Å². The molecule has 3 aromatic rings. The Balaban J connectivity index is 0.00000256. The summed E-state index contributed by atoms with van der Waals surface area (Å²) in [6.45, 7) is 7.95. The summed E-state index contributed by atoms with van der Waals surface area (Å²) in [6, 6.07) is 9.62. The van der Waals surface area contributed by atoms with Crippen LogP contribution in [0.15, 0.2) is 34.9 Å². The maximum absolute atomic E-state index is 13.8. The fraction of sp³-hybridized carbons (Fsp3) is 0.409. The lowest BCUT2D eigenvalue weighted by Crippen LogP contribution is -2.48. The third kappa shape index (κ3) is 3.87. The zero-order chi connectivity index (χ0) is 20.5. The van der Waals surface area contributed by atoms with Crippen molar-refractivity contribution in [2.75, 3.05) is 26.7 Å². The second-order valence-electron chi connectivity index (χ2n) is 7.66. The Morgan fingerprint density at radius 3 is 2.83 bits per heavy atom. The van der Waals surface area contributed by atoms with E-state index in [1.165, 1.54) is 0 Å². The molecule has 30 heavy (non-hydrogen) atoms. The van der Waals surface area contributed by atoms with E-state index in [1.807, 2.05) is 56.0 Å². The lowest BCUT2D eigenvalue weighted by atomic mass is 9.99. The topological polar surface area (TPSA) is 80.5 Å². The number of hydrogen-bond donors (Lipinski definition) is 1. The molecule has 160 valence electrons. The molecule has 1 atom stereocenters. The minimum Gasteiger partial charge on any atom is -0.496 e. The number of pyridine rings is 1. The number of piperazine rings is 1. The summed E-state index contributed by atoms with van der Waals surface area (Å²) in [5.74, 6) is 0.912. The number of carbonyl (C=O) groups excluding carboxylic acids is 1. The van der Waals surface area contributed by atoms with Crippen LogP contribution in [0.3, 0.4) is 0 Å². The SMILES string of the molecule is COc1ccccc1C1CNCCN1C(=O)c1cc(C(C)C)nc2onc(C)c12.Cl. The van der Waals surface area contributed by atoms with Crippen LogP contribution in [-0.2, 0) is 0 Å². The molecule has 2 aromatic heterocycles. The maximum atomic E-state index is 13.8. The van der Waals surface area contributed by atoms with Gasteiger partial charge in [0.05, 0.1) is 29.8 Å². The summed E-state index contributed by atoms with van der Waals surface area (Å²) in [5, 5.41) is 8.14. The molecular formula is C22H27ClN4O3. The Bertz CT molecular complexity index is 1050. The molecule has 0 saturated carbocycles. The van der Waals surface area contributed by atoms with Gasteiger partial charge in [-0.1, -0.05) is 37.2 Å². The Morgan fingerprint density at radius 2 is 2.10 bits per heavy atom. The van der Waals surface area contributed by atoms with E-state index in [-0.39, 0.29) is 30.3 Å². The number of halogens is 1. The Morgan fingerprint density at radius 1 is 1.33 bits per heavy atom. The van der Waals surface area contributed by atoms with Crippen molar-refractivity contribution in [1.29, 1.82) is 0 Å². The van der Waals surface area contributed by atoms with Gasteiger partial charge in [-0.3, -0.25) is 4.79 Å². The largest absolute Gasteiger partial charge is 0.496 e. The average Bonchev–Trinajstić information content (AvgIpc) is 3.13. The Labute approximate surface area is 182 Å². The molecule has 1 aromatic carbocycles. The summed E-state index contributed by atoms with van der Waals surface area (Å²) in [5.41, 5.74) is 3.50. The molecule has 7 nitrogen and oxygen atoms in total. The summed E-state index contributed by atoms with van der Waals surface area (Å²) in [7, 11) is 1.66. The number of hydrogen-bond acceptors (Lipinski definition) is 6. The zero-order valence-electron chi connectivity index (χ0n) is 17.6. The van der Waals surface area contributed by atoms with E-state index >= 15 is 0 Å². The number of nitrogens with one attached hydrogen (secondary N) is 1. The number of ether oxygens (including phenoxy) is 1. The first-order valence-corrected chi connectivity index (χ1v) is 9.92. The average molecular weight is 431 g/mol. The van der Waals surface area contributed by atoms with Gasteiger partial charge in [-0.2, -0.15) is 0 Å². The fourth-order valence-electron chi connectivity index (χ4n) is 3.90. The van der Waals surface area contributed by atoms with E-state index < -0.39 is 0 Å². The van der Waals surface area contributed by atoms with Crippen LogP contribution in [0.1, 0.15) is 53.1 Å². The highest BCUT2D eigenvalue weighted by Gasteiger charge is 2.32. The van der Waals surface area contributed by atoms with Crippen LogP contribution < -0.4 is 10.1 Å². The molecule has 0 spiro atoms. The summed E-state index contributed by atoms with van der Waals surface area (Å²) in [4.78, 5) is 20.3. The van der Waals surface area contributed by atoms with Crippen LogP contribution in [0.4, 0.5) is 0 Å². The van der Waals surface area contributed by atoms with E-state index in [1.54, 1.807) is 7.11 Å². The van der Waals surface area contributed by atoms with Gasteiger partial charge in [-0.25, -0.2) is 4.98 Å². The Hall–Kier alpha value is -2.64. The summed E-state index contributed by atoms with van der Waals surface area (Å²) >= 11 is 0. The first-order chi connectivity index (χ1) is 14.0. The molecule has 1 fully saturated rings. The van der Waals surface area contributed by atoms with E-state index in [9.17, 15) is 4.79 Å². The predicted molar refractivity (Wildman–Crippen MR) is 118 cm³/mol. The third-order valence-corrected chi connectivity index (χ3v) is 5.46. The van der Waals surface area contributed by atoms with Gasteiger partial charge in [0, 0.05) is 30.9 Å². The minimum atomic E-state index is -0.127. The van der Waals surface area contributed by atoms with Gasteiger partial charge in [-0.15, -0.1) is 12.4 Å². The highest BCUT2D eigenvalue weighted by molar-refractivity contribution is 6.06. The molecule has 0 aliphatic carbocycles.